The van der Waals surface area contributed by atoms with Crippen molar-refractivity contribution in [3.05, 3.63) is 44.2 Å². The number of H-pyrrole nitrogens is 1. The van der Waals surface area contributed by atoms with Gasteiger partial charge in [-0.3, -0.25) is 19.4 Å². The van der Waals surface area contributed by atoms with Gasteiger partial charge in [-0.25, -0.2) is 0 Å². The van der Waals surface area contributed by atoms with Crippen LogP contribution in [0.25, 0.3) is 0 Å². The van der Waals surface area contributed by atoms with Crippen LogP contribution in [0.5, 0.6) is 0 Å². The number of piperidine rings is 1. The Balaban J connectivity index is 1.63. The summed E-state index contributed by atoms with van der Waals surface area (Å²) < 4.78 is 0. The summed E-state index contributed by atoms with van der Waals surface area (Å²) in [6.07, 6.45) is 1.84. The molecule has 10 heteroatoms. The van der Waals surface area contributed by atoms with Crippen LogP contribution in [0.15, 0.2) is 23.0 Å². The second-order valence-electron chi connectivity index (χ2n) is 7.74. The fourth-order valence-electron chi connectivity index (χ4n) is 3.76. The van der Waals surface area contributed by atoms with Crippen LogP contribution in [-0.4, -0.2) is 34.9 Å². The first kappa shape index (κ1) is 20.7. The van der Waals surface area contributed by atoms with Crippen LogP contribution < -0.4 is 21.1 Å². The predicted octanol–water partition coefficient (Wildman–Crippen LogP) is 3.38. The number of nitrogens with zero attached hydrogens (tertiary/aromatic N) is 2. The van der Waals surface area contributed by atoms with E-state index in [1.807, 2.05) is 4.90 Å². The number of carbonyl (C=O) groups excluding carboxylic acids is 2. The summed E-state index contributed by atoms with van der Waals surface area (Å²) in [6.45, 7) is 3.74. The molecule has 2 amide bonds. The molecule has 1 fully saturated rings. The molecule has 2 aliphatic heterocycles. The molecule has 4 rings (SSSR count). The number of aromatic nitrogens is 2. The van der Waals surface area contributed by atoms with E-state index in [2.05, 4.69) is 27.5 Å². The van der Waals surface area contributed by atoms with Crippen LogP contribution in [0, 0.1) is 5.92 Å². The monoisotopic (exact) mass is 449 g/mol. The summed E-state index contributed by atoms with van der Waals surface area (Å²) >= 11 is 12.0. The van der Waals surface area contributed by atoms with Gasteiger partial charge in [-0.1, -0.05) is 30.1 Å². The van der Waals surface area contributed by atoms with Crippen LogP contribution in [0.2, 0.25) is 10.0 Å². The smallest absolute Gasteiger partial charge is 0.258 e. The van der Waals surface area contributed by atoms with Crippen molar-refractivity contribution in [3.63, 3.8) is 0 Å². The molecule has 0 bridgehead atoms. The maximum atomic E-state index is 12.9. The number of amides is 2. The number of benzene rings is 1. The molecule has 0 saturated carbocycles. The number of carbonyl (C=O) groups is 2. The highest BCUT2D eigenvalue weighted by molar-refractivity contribution is 6.36. The summed E-state index contributed by atoms with van der Waals surface area (Å²) in [5.74, 6) is -0.702. The minimum absolute atomic E-state index is 0.131. The van der Waals surface area contributed by atoms with Crippen molar-refractivity contribution in [2.24, 2.45) is 5.92 Å². The third-order valence-electron chi connectivity index (χ3n) is 5.53. The SMILES string of the molecule is CC1CCN(c2nc3c(c(=O)[nH]2)C(C(=O)Nc2ccc(Cl)cc2Cl)CC(=O)N3)CC1. The molecule has 2 aromatic rings. The highest BCUT2D eigenvalue weighted by atomic mass is 35.5. The largest absolute Gasteiger partial charge is 0.342 e. The number of anilines is 3. The van der Waals surface area contributed by atoms with Gasteiger partial charge < -0.3 is 15.5 Å². The zero-order valence-electron chi connectivity index (χ0n) is 16.3. The van der Waals surface area contributed by atoms with Gasteiger partial charge in [0.05, 0.1) is 22.2 Å². The normalized spacial score (nSPS) is 19.2. The van der Waals surface area contributed by atoms with E-state index in [1.165, 1.54) is 6.07 Å². The van der Waals surface area contributed by atoms with Crippen molar-refractivity contribution < 1.29 is 9.59 Å². The van der Waals surface area contributed by atoms with Crippen LogP contribution in [-0.2, 0) is 9.59 Å². The summed E-state index contributed by atoms with van der Waals surface area (Å²) in [5, 5.41) is 6.01. The van der Waals surface area contributed by atoms with E-state index in [9.17, 15) is 14.4 Å². The van der Waals surface area contributed by atoms with E-state index in [-0.39, 0.29) is 28.7 Å². The van der Waals surface area contributed by atoms with Gasteiger partial charge >= 0.3 is 0 Å². The first-order valence-electron chi connectivity index (χ1n) is 9.76. The van der Waals surface area contributed by atoms with E-state index in [0.717, 1.165) is 25.9 Å². The van der Waals surface area contributed by atoms with Gasteiger partial charge in [-0.05, 0) is 37.0 Å². The van der Waals surface area contributed by atoms with E-state index in [1.54, 1.807) is 12.1 Å². The van der Waals surface area contributed by atoms with E-state index in [4.69, 9.17) is 23.2 Å². The van der Waals surface area contributed by atoms with Crippen LogP contribution in [0.3, 0.4) is 0 Å². The van der Waals surface area contributed by atoms with Gasteiger partial charge in [0.1, 0.15) is 5.82 Å². The molecular formula is C20H21Cl2N5O3. The van der Waals surface area contributed by atoms with Crippen molar-refractivity contribution >= 4 is 52.5 Å². The molecular weight excluding hydrogens is 429 g/mol. The van der Waals surface area contributed by atoms with Crippen molar-refractivity contribution in [3.8, 4) is 0 Å². The van der Waals surface area contributed by atoms with Gasteiger partial charge in [-0.2, -0.15) is 4.98 Å². The van der Waals surface area contributed by atoms with Crippen molar-refractivity contribution in [2.45, 2.75) is 32.1 Å². The lowest BCUT2D eigenvalue weighted by Crippen LogP contribution is -2.39. The lowest BCUT2D eigenvalue weighted by atomic mass is 9.92. The first-order valence-corrected chi connectivity index (χ1v) is 10.5. The maximum absolute atomic E-state index is 12.9. The quantitative estimate of drug-likeness (QED) is 0.665. The van der Waals surface area contributed by atoms with Gasteiger partial charge in [-0.15, -0.1) is 0 Å². The van der Waals surface area contributed by atoms with Crippen molar-refractivity contribution in [1.82, 2.24) is 9.97 Å². The van der Waals surface area contributed by atoms with E-state index < -0.39 is 17.4 Å². The molecule has 1 aromatic carbocycles. The van der Waals surface area contributed by atoms with Crippen LogP contribution >= 0.6 is 23.2 Å². The zero-order valence-corrected chi connectivity index (χ0v) is 17.8. The van der Waals surface area contributed by atoms with Gasteiger partial charge in [0.25, 0.3) is 5.56 Å². The summed E-state index contributed by atoms with van der Waals surface area (Å²) in [7, 11) is 0. The molecule has 0 radical (unpaired) electrons. The number of hydrogen-bond acceptors (Lipinski definition) is 5. The number of halogens is 2. The maximum Gasteiger partial charge on any atom is 0.258 e. The Morgan fingerprint density at radius 1 is 1.23 bits per heavy atom. The molecule has 8 nitrogen and oxygen atoms in total. The average molecular weight is 450 g/mol. The summed E-state index contributed by atoms with van der Waals surface area (Å²) in [4.78, 5) is 47.3. The minimum atomic E-state index is -0.979. The lowest BCUT2D eigenvalue weighted by Gasteiger charge is -2.31. The second kappa shape index (κ2) is 8.28. The Morgan fingerprint density at radius 3 is 2.67 bits per heavy atom. The molecule has 158 valence electrons. The van der Waals surface area contributed by atoms with Crippen molar-refractivity contribution in [1.29, 1.82) is 0 Å². The number of fused-ring (bicyclic) bond motifs is 1. The highest BCUT2D eigenvalue weighted by Gasteiger charge is 2.35. The Kier molecular flexibility index (Phi) is 5.71. The van der Waals surface area contributed by atoms with E-state index in [0.29, 0.717) is 22.6 Å². The molecule has 2 aliphatic rings. The molecule has 1 unspecified atom stereocenters. The molecule has 30 heavy (non-hydrogen) atoms. The molecule has 1 atom stereocenters. The highest BCUT2D eigenvalue weighted by Crippen LogP contribution is 2.32. The van der Waals surface area contributed by atoms with Crippen LogP contribution in [0.4, 0.5) is 17.5 Å². The fraction of sp³-hybridized carbons (Fsp3) is 0.400. The van der Waals surface area contributed by atoms with Crippen LogP contribution in [0.1, 0.15) is 37.7 Å². The molecule has 3 heterocycles. The predicted molar refractivity (Wildman–Crippen MR) is 117 cm³/mol. The number of nitrogens with one attached hydrogen (secondary N) is 3. The Hall–Kier alpha value is -2.58. The molecule has 1 aromatic heterocycles. The van der Waals surface area contributed by atoms with E-state index >= 15 is 0 Å². The van der Waals surface area contributed by atoms with Gasteiger partial charge in [0.2, 0.25) is 17.8 Å². The molecule has 1 saturated heterocycles. The third kappa shape index (κ3) is 4.15. The number of hydrogen-bond donors (Lipinski definition) is 3. The average Bonchev–Trinajstić information content (AvgIpc) is 2.69. The minimum Gasteiger partial charge on any atom is -0.342 e. The zero-order chi connectivity index (χ0) is 21.4. The number of aromatic amines is 1. The van der Waals surface area contributed by atoms with Gasteiger partial charge in [0, 0.05) is 24.5 Å². The topological polar surface area (TPSA) is 107 Å². The Labute approximate surface area is 183 Å². The van der Waals surface area contributed by atoms with Crippen molar-refractivity contribution in [2.75, 3.05) is 28.6 Å². The Morgan fingerprint density at radius 2 is 1.97 bits per heavy atom. The second-order valence-corrected chi connectivity index (χ2v) is 8.58. The lowest BCUT2D eigenvalue weighted by molar-refractivity contribution is -0.123. The third-order valence-corrected chi connectivity index (χ3v) is 6.08. The first-order chi connectivity index (χ1) is 14.3. The molecule has 0 spiro atoms. The fourth-order valence-corrected chi connectivity index (χ4v) is 4.22. The molecule has 3 N–H and O–H groups in total. The number of rotatable bonds is 3. The Bertz CT molecular complexity index is 1060. The van der Waals surface area contributed by atoms with Gasteiger partial charge in [0.15, 0.2) is 0 Å². The summed E-state index contributed by atoms with van der Waals surface area (Å²) in [5.41, 5.74) is 0.0596. The standard InChI is InChI=1S/C20H21Cl2N5O3/c1-10-4-6-27(7-5-10)20-25-17-16(19(30)26-20)12(9-15(28)24-17)18(29)23-14-3-2-11(21)8-13(14)22/h2-3,8,10,12H,4-7,9H2,1H3,(H,23,29)(H2,24,25,26,28,30). The summed E-state index contributed by atoms with van der Waals surface area (Å²) in [6, 6.07) is 4.65. The molecule has 0 aliphatic carbocycles.